The Balaban J connectivity index is 1.40. The van der Waals surface area contributed by atoms with Gasteiger partial charge in [0.2, 0.25) is 11.8 Å². The minimum absolute atomic E-state index is 0.0177. The first-order valence-corrected chi connectivity index (χ1v) is 18.5. The van der Waals surface area contributed by atoms with Crippen molar-refractivity contribution in [2.24, 2.45) is 0 Å². The normalized spacial score (nSPS) is 14.4. The molecule has 2 heterocycles. The van der Waals surface area contributed by atoms with Crippen LogP contribution in [0.5, 0.6) is 5.88 Å². The van der Waals surface area contributed by atoms with Crippen molar-refractivity contribution in [3.05, 3.63) is 143 Å². The van der Waals surface area contributed by atoms with E-state index in [1.165, 1.54) is 4.90 Å². The van der Waals surface area contributed by atoms with Crippen LogP contribution in [0.1, 0.15) is 78.9 Å². The minimum Gasteiger partial charge on any atom is -0.466 e. The van der Waals surface area contributed by atoms with Crippen molar-refractivity contribution in [3.8, 4) is 17.7 Å². The average Bonchev–Trinajstić information content (AvgIpc) is 3.27. The number of nitrogens with one attached hydrogen (secondary N) is 1. The lowest BCUT2D eigenvalue weighted by molar-refractivity contribution is -0.145. The zero-order valence-corrected chi connectivity index (χ0v) is 32.4. The van der Waals surface area contributed by atoms with Crippen LogP contribution in [0.25, 0.3) is 0 Å². The van der Waals surface area contributed by atoms with Crippen LogP contribution in [-0.4, -0.2) is 57.6 Å². The summed E-state index contributed by atoms with van der Waals surface area (Å²) in [6.45, 7) is 8.78. The number of esters is 1. The van der Waals surface area contributed by atoms with Gasteiger partial charge in [0.1, 0.15) is 11.6 Å². The zero-order valence-electron chi connectivity index (χ0n) is 32.4. The van der Waals surface area contributed by atoms with Gasteiger partial charge in [0.25, 0.3) is 11.8 Å². The number of fused-ring (bicyclic) bond motifs is 1. The van der Waals surface area contributed by atoms with Crippen molar-refractivity contribution in [1.29, 1.82) is 0 Å². The summed E-state index contributed by atoms with van der Waals surface area (Å²) < 4.78 is 16.5. The maximum Gasteiger partial charge on any atom is 0.414 e. The Labute approximate surface area is 331 Å². The number of aryl methyl sites for hydroxylation is 1. The molecule has 1 N–H and O–H groups in total. The number of hydrogen-bond donors (Lipinski definition) is 1. The Bertz CT molecular complexity index is 2300. The maximum atomic E-state index is 15.3. The van der Waals surface area contributed by atoms with Crippen molar-refractivity contribution in [2.45, 2.75) is 58.7 Å². The van der Waals surface area contributed by atoms with Crippen LogP contribution in [0.4, 0.5) is 22.1 Å². The van der Waals surface area contributed by atoms with Gasteiger partial charge in [0, 0.05) is 23.0 Å². The Morgan fingerprint density at radius 2 is 1.54 bits per heavy atom. The van der Waals surface area contributed by atoms with Gasteiger partial charge < -0.3 is 19.1 Å². The van der Waals surface area contributed by atoms with E-state index in [4.69, 9.17) is 14.2 Å². The standard InChI is InChI=1S/C45H43N5O7/c1-6-55-39(51)29-37(32-18-10-7-11-19-32)50-40(33-20-12-8-13-21-33)42(53)49(34-22-14-9-15-23-34)36-25-24-31(28-35(36)41(50)52)17-16-26-56-38-27-30(2)46-43(47-38)48-44(54)57-45(3,4)5/h7-15,18-25,27-28,37,40H,6,26,29H2,1-5H3,(H,46,47,48,54). The Hall–Kier alpha value is -7.00. The quantitative estimate of drug-likeness (QED) is 0.110. The monoisotopic (exact) mass is 765 g/mol. The summed E-state index contributed by atoms with van der Waals surface area (Å²) in [7, 11) is 0. The SMILES string of the molecule is CCOC(=O)CC(c1ccccc1)N1C(=O)c2cc(C#CCOc3cc(C)nc(NC(=O)OC(C)(C)C)n3)ccc2N(c2ccccc2)C(=O)C1c1ccccc1. The molecule has 0 radical (unpaired) electrons. The Morgan fingerprint density at radius 1 is 0.877 bits per heavy atom. The van der Waals surface area contributed by atoms with E-state index < -0.39 is 35.7 Å². The van der Waals surface area contributed by atoms with Crippen LogP contribution >= 0.6 is 0 Å². The topological polar surface area (TPSA) is 140 Å². The highest BCUT2D eigenvalue weighted by atomic mass is 16.6. The summed E-state index contributed by atoms with van der Waals surface area (Å²) in [5.41, 5.74) is 2.73. The number of ether oxygens (including phenoxy) is 3. The second-order valence-corrected chi connectivity index (χ2v) is 14.1. The van der Waals surface area contributed by atoms with Gasteiger partial charge >= 0.3 is 12.1 Å². The number of hydrogen-bond acceptors (Lipinski definition) is 9. The third-order valence-electron chi connectivity index (χ3n) is 8.72. The van der Waals surface area contributed by atoms with Crippen LogP contribution < -0.4 is 15.0 Å². The van der Waals surface area contributed by atoms with Crippen molar-refractivity contribution in [2.75, 3.05) is 23.4 Å². The number of rotatable bonds is 10. The number of carbonyl (C=O) groups excluding carboxylic acids is 4. The number of para-hydroxylation sites is 1. The van der Waals surface area contributed by atoms with E-state index in [2.05, 4.69) is 27.1 Å². The fraction of sp³-hybridized carbons (Fsp3) is 0.244. The van der Waals surface area contributed by atoms with Gasteiger partial charge in [-0.15, -0.1) is 0 Å². The number of anilines is 3. The molecule has 0 saturated carbocycles. The molecule has 4 aromatic carbocycles. The molecule has 0 spiro atoms. The van der Waals surface area contributed by atoms with Gasteiger partial charge in [-0.2, -0.15) is 4.98 Å². The molecule has 5 aromatic rings. The predicted octanol–water partition coefficient (Wildman–Crippen LogP) is 8.12. The first kappa shape index (κ1) is 39.7. The van der Waals surface area contributed by atoms with Crippen LogP contribution in [0.15, 0.2) is 115 Å². The van der Waals surface area contributed by atoms with Crippen LogP contribution in [0, 0.1) is 18.8 Å². The fourth-order valence-corrected chi connectivity index (χ4v) is 6.44. The van der Waals surface area contributed by atoms with Gasteiger partial charge in [-0.05, 0) is 76.1 Å². The minimum atomic E-state index is -1.13. The summed E-state index contributed by atoms with van der Waals surface area (Å²) in [5.74, 6) is 4.90. The van der Waals surface area contributed by atoms with Gasteiger partial charge in [0.05, 0.1) is 30.3 Å². The smallest absolute Gasteiger partial charge is 0.414 e. The van der Waals surface area contributed by atoms with Crippen molar-refractivity contribution >= 4 is 41.2 Å². The van der Waals surface area contributed by atoms with Crippen LogP contribution in [0.2, 0.25) is 0 Å². The molecule has 1 aromatic heterocycles. The summed E-state index contributed by atoms with van der Waals surface area (Å²) in [6.07, 6.45) is -0.885. The molecule has 2 atom stereocenters. The van der Waals surface area contributed by atoms with Crippen LogP contribution in [-0.2, 0) is 19.1 Å². The number of amides is 3. The van der Waals surface area contributed by atoms with Crippen molar-refractivity contribution in [3.63, 3.8) is 0 Å². The molecule has 0 aliphatic carbocycles. The molecule has 1 aliphatic heterocycles. The van der Waals surface area contributed by atoms with E-state index in [1.807, 2.05) is 78.9 Å². The number of benzene rings is 4. The van der Waals surface area contributed by atoms with Gasteiger partial charge in [-0.25, -0.2) is 9.78 Å². The van der Waals surface area contributed by atoms with Crippen LogP contribution in [0.3, 0.4) is 0 Å². The van der Waals surface area contributed by atoms with E-state index in [9.17, 15) is 9.59 Å². The molecule has 6 rings (SSSR count). The van der Waals surface area contributed by atoms with E-state index in [0.717, 1.165) is 0 Å². The van der Waals surface area contributed by atoms with Crippen molar-refractivity contribution < 1.29 is 33.4 Å². The summed E-state index contributed by atoms with van der Waals surface area (Å²) in [5, 5.41) is 2.52. The molecule has 57 heavy (non-hydrogen) atoms. The van der Waals surface area contributed by atoms with E-state index >= 15 is 9.59 Å². The highest BCUT2D eigenvalue weighted by molar-refractivity contribution is 6.14. The second-order valence-electron chi connectivity index (χ2n) is 14.1. The van der Waals surface area contributed by atoms with E-state index in [0.29, 0.717) is 33.8 Å². The fourth-order valence-electron chi connectivity index (χ4n) is 6.44. The molecule has 12 heteroatoms. The van der Waals surface area contributed by atoms with Gasteiger partial charge in [0.15, 0.2) is 6.61 Å². The predicted molar refractivity (Wildman–Crippen MR) is 215 cm³/mol. The first-order chi connectivity index (χ1) is 27.4. The van der Waals surface area contributed by atoms with Gasteiger partial charge in [-0.1, -0.05) is 90.7 Å². The maximum absolute atomic E-state index is 15.3. The molecular weight excluding hydrogens is 723 g/mol. The summed E-state index contributed by atoms with van der Waals surface area (Å²) >= 11 is 0. The van der Waals surface area contributed by atoms with Gasteiger partial charge in [-0.3, -0.25) is 24.6 Å². The van der Waals surface area contributed by atoms with E-state index in [-0.39, 0.29) is 42.9 Å². The molecule has 0 saturated heterocycles. The number of nitrogens with zero attached hydrogens (tertiary/aromatic N) is 4. The van der Waals surface area contributed by atoms with Crippen molar-refractivity contribution in [1.82, 2.24) is 14.9 Å². The summed E-state index contributed by atoms with van der Waals surface area (Å²) in [4.78, 5) is 67.4. The summed E-state index contributed by atoms with van der Waals surface area (Å²) in [6, 6.07) is 32.1. The lowest BCUT2D eigenvalue weighted by atomic mass is 9.95. The lowest BCUT2D eigenvalue weighted by Crippen LogP contribution is -2.43. The molecule has 290 valence electrons. The highest BCUT2D eigenvalue weighted by Crippen LogP contribution is 2.43. The second kappa shape index (κ2) is 17.6. The molecule has 2 unspecified atom stereocenters. The number of carbonyl (C=O) groups is 4. The molecule has 1 aliphatic rings. The molecule has 0 bridgehead atoms. The molecule has 0 fully saturated rings. The number of aromatic nitrogens is 2. The van der Waals surface area contributed by atoms with E-state index in [1.54, 1.807) is 75.9 Å². The third-order valence-corrected chi connectivity index (χ3v) is 8.72. The molecular formula is C45H43N5O7. The first-order valence-electron chi connectivity index (χ1n) is 18.5. The molecule has 12 nitrogen and oxygen atoms in total. The Morgan fingerprint density at radius 3 is 2.21 bits per heavy atom. The molecule has 3 amide bonds. The largest absolute Gasteiger partial charge is 0.466 e. The Kier molecular flexibility index (Phi) is 12.3. The highest BCUT2D eigenvalue weighted by Gasteiger charge is 2.45. The lowest BCUT2D eigenvalue weighted by Gasteiger charge is -2.37. The zero-order chi connectivity index (χ0) is 40.5. The average molecular weight is 766 g/mol. The third kappa shape index (κ3) is 9.82.